The maximum Gasteiger partial charge on any atom is 0.250 e. The summed E-state index contributed by atoms with van der Waals surface area (Å²) in [6.45, 7) is 7.47. The molecule has 19 heavy (non-hydrogen) atoms. The van der Waals surface area contributed by atoms with E-state index in [0.29, 0.717) is 10.8 Å². The molecule has 7 heteroatoms. The maximum absolute atomic E-state index is 12.1. The van der Waals surface area contributed by atoms with Gasteiger partial charge in [0.15, 0.2) is 0 Å². The van der Waals surface area contributed by atoms with E-state index in [9.17, 15) is 8.42 Å². The van der Waals surface area contributed by atoms with E-state index < -0.39 is 15.6 Å². The normalized spacial score (nSPS) is 12.8. The molecule has 0 saturated carbocycles. The van der Waals surface area contributed by atoms with Crippen LogP contribution in [0, 0.1) is 0 Å². The van der Waals surface area contributed by atoms with E-state index in [-0.39, 0.29) is 6.54 Å². The Hall–Kier alpha value is -0.470. The Kier molecular flexibility index (Phi) is 5.94. The fraction of sp³-hybridized carbons (Fsp3) is 0.667. The minimum atomic E-state index is -3.45. The van der Waals surface area contributed by atoms with E-state index in [0.717, 1.165) is 12.1 Å². The summed E-state index contributed by atoms with van der Waals surface area (Å²) >= 11 is 1.23. The van der Waals surface area contributed by atoms with Crippen molar-refractivity contribution in [1.82, 2.24) is 10.0 Å². The van der Waals surface area contributed by atoms with Gasteiger partial charge >= 0.3 is 0 Å². The summed E-state index contributed by atoms with van der Waals surface area (Å²) in [5.74, 6) is 0. The summed E-state index contributed by atoms with van der Waals surface area (Å²) in [6.07, 6.45) is 0. The molecule has 1 heterocycles. The first-order valence-electron chi connectivity index (χ1n) is 6.13. The molecule has 0 fully saturated rings. The SMILES string of the molecule is CCNCc1csc(S(=O)(=O)NCC(C)(C)OC)c1. The molecule has 0 amide bonds. The average Bonchev–Trinajstić information content (AvgIpc) is 2.84. The van der Waals surface area contributed by atoms with Gasteiger partial charge in [-0.3, -0.25) is 0 Å². The highest BCUT2D eigenvalue weighted by atomic mass is 32.2. The Morgan fingerprint density at radius 3 is 2.68 bits per heavy atom. The number of hydrogen-bond donors (Lipinski definition) is 2. The maximum atomic E-state index is 12.1. The van der Waals surface area contributed by atoms with Crippen molar-refractivity contribution < 1.29 is 13.2 Å². The number of rotatable bonds is 8. The smallest absolute Gasteiger partial charge is 0.250 e. The van der Waals surface area contributed by atoms with Crippen LogP contribution >= 0.6 is 11.3 Å². The largest absolute Gasteiger partial charge is 0.377 e. The predicted octanol–water partition coefficient (Wildman–Crippen LogP) is 1.56. The van der Waals surface area contributed by atoms with Crippen LogP contribution in [0.2, 0.25) is 0 Å². The lowest BCUT2D eigenvalue weighted by atomic mass is 10.1. The van der Waals surface area contributed by atoms with E-state index >= 15 is 0 Å². The number of sulfonamides is 1. The Balaban J connectivity index is 2.69. The monoisotopic (exact) mass is 306 g/mol. The lowest BCUT2D eigenvalue weighted by Crippen LogP contribution is -2.39. The highest BCUT2D eigenvalue weighted by Gasteiger charge is 2.22. The third-order valence-electron chi connectivity index (χ3n) is 2.71. The molecule has 1 rings (SSSR count). The van der Waals surface area contributed by atoms with Crippen molar-refractivity contribution in [2.45, 2.75) is 37.1 Å². The summed E-state index contributed by atoms with van der Waals surface area (Å²) in [5.41, 5.74) is 0.468. The van der Waals surface area contributed by atoms with Crippen molar-refractivity contribution in [2.75, 3.05) is 20.2 Å². The molecule has 5 nitrogen and oxygen atoms in total. The first kappa shape index (κ1) is 16.6. The molecule has 0 aliphatic carbocycles. The summed E-state index contributed by atoms with van der Waals surface area (Å²) in [4.78, 5) is 0. The standard InChI is InChI=1S/C12H22N2O3S2/c1-5-13-7-10-6-11(18-8-10)19(15,16)14-9-12(2,3)17-4/h6,8,13-14H,5,7,9H2,1-4H3. The second-order valence-electron chi connectivity index (χ2n) is 4.84. The minimum Gasteiger partial charge on any atom is -0.377 e. The number of ether oxygens (including phenoxy) is 1. The summed E-state index contributed by atoms with van der Waals surface area (Å²) in [7, 11) is -1.88. The molecular weight excluding hydrogens is 284 g/mol. The molecule has 0 aromatic carbocycles. The van der Waals surface area contributed by atoms with Crippen molar-refractivity contribution in [3.63, 3.8) is 0 Å². The molecule has 0 spiro atoms. The number of thiophene rings is 1. The zero-order chi connectivity index (χ0) is 14.5. The molecule has 0 radical (unpaired) electrons. The zero-order valence-corrected chi connectivity index (χ0v) is 13.5. The predicted molar refractivity (Wildman–Crippen MR) is 78.0 cm³/mol. The molecule has 0 aliphatic heterocycles. The first-order valence-corrected chi connectivity index (χ1v) is 8.50. The first-order chi connectivity index (χ1) is 8.80. The Morgan fingerprint density at radius 1 is 1.42 bits per heavy atom. The molecule has 0 unspecified atom stereocenters. The number of methoxy groups -OCH3 is 1. The van der Waals surface area contributed by atoms with E-state index in [2.05, 4.69) is 10.0 Å². The number of hydrogen-bond acceptors (Lipinski definition) is 5. The van der Waals surface area contributed by atoms with Crippen LogP contribution in [0.5, 0.6) is 0 Å². The fourth-order valence-electron chi connectivity index (χ4n) is 1.27. The Bertz CT molecular complexity index is 495. The van der Waals surface area contributed by atoms with Crippen LogP contribution in [-0.2, 0) is 21.3 Å². The van der Waals surface area contributed by atoms with Crippen molar-refractivity contribution in [3.05, 3.63) is 17.0 Å². The van der Waals surface area contributed by atoms with Gasteiger partial charge in [-0.1, -0.05) is 6.92 Å². The van der Waals surface area contributed by atoms with Crippen molar-refractivity contribution in [2.24, 2.45) is 0 Å². The van der Waals surface area contributed by atoms with Crippen LogP contribution in [0.4, 0.5) is 0 Å². The molecule has 0 bridgehead atoms. The zero-order valence-electron chi connectivity index (χ0n) is 11.8. The highest BCUT2D eigenvalue weighted by molar-refractivity contribution is 7.91. The van der Waals surface area contributed by atoms with Crippen LogP contribution in [0.25, 0.3) is 0 Å². The van der Waals surface area contributed by atoms with Crippen LogP contribution in [-0.4, -0.2) is 34.2 Å². The lowest BCUT2D eigenvalue weighted by molar-refractivity contribution is 0.0276. The van der Waals surface area contributed by atoms with Crippen LogP contribution in [0.3, 0.4) is 0 Å². The summed E-state index contributed by atoms with van der Waals surface area (Å²) < 4.78 is 32.3. The van der Waals surface area contributed by atoms with Crippen LogP contribution in [0.1, 0.15) is 26.3 Å². The van der Waals surface area contributed by atoms with Gasteiger partial charge in [-0.15, -0.1) is 11.3 Å². The van der Waals surface area contributed by atoms with Crippen molar-refractivity contribution in [1.29, 1.82) is 0 Å². The van der Waals surface area contributed by atoms with Gasteiger partial charge in [0, 0.05) is 20.2 Å². The summed E-state index contributed by atoms with van der Waals surface area (Å²) in [5, 5.41) is 5.03. The van der Waals surface area contributed by atoms with E-state index in [4.69, 9.17) is 4.74 Å². The van der Waals surface area contributed by atoms with E-state index in [1.165, 1.54) is 11.3 Å². The average molecular weight is 306 g/mol. The number of nitrogens with one attached hydrogen (secondary N) is 2. The fourth-order valence-corrected chi connectivity index (χ4v) is 3.72. The van der Waals surface area contributed by atoms with Gasteiger partial charge in [-0.05, 0) is 37.4 Å². The second-order valence-corrected chi connectivity index (χ2v) is 7.75. The topological polar surface area (TPSA) is 67.4 Å². The van der Waals surface area contributed by atoms with Crippen molar-refractivity contribution in [3.8, 4) is 0 Å². The van der Waals surface area contributed by atoms with Gasteiger partial charge in [0.25, 0.3) is 0 Å². The molecule has 110 valence electrons. The van der Waals surface area contributed by atoms with Gasteiger partial charge in [0.2, 0.25) is 10.0 Å². The Morgan fingerprint density at radius 2 is 2.11 bits per heavy atom. The molecule has 2 N–H and O–H groups in total. The van der Waals surface area contributed by atoms with Gasteiger partial charge in [0.1, 0.15) is 4.21 Å². The summed E-state index contributed by atoms with van der Waals surface area (Å²) in [6, 6.07) is 1.70. The molecule has 0 saturated heterocycles. The lowest BCUT2D eigenvalue weighted by Gasteiger charge is -2.22. The highest BCUT2D eigenvalue weighted by Crippen LogP contribution is 2.20. The third kappa shape index (κ3) is 5.19. The second kappa shape index (κ2) is 6.81. The van der Waals surface area contributed by atoms with Gasteiger partial charge in [-0.2, -0.15) is 0 Å². The van der Waals surface area contributed by atoms with Crippen molar-refractivity contribution >= 4 is 21.4 Å². The van der Waals surface area contributed by atoms with Crippen LogP contribution in [0.15, 0.2) is 15.7 Å². The molecule has 1 aromatic rings. The van der Waals surface area contributed by atoms with E-state index in [1.807, 2.05) is 26.2 Å². The van der Waals surface area contributed by atoms with Gasteiger partial charge < -0.3 is 10.1 Å². The van der Waals surface area contributed by atoms with E-state index in [1.54, 1.807) is 13.2 Å². The van der Waals surface area contributed by atoms with Gasteiger partial charge in [0.05, 0.1) is 5.60 Å². The molecule has 0 aliphatic rings. The Labute approximate surface area is 119 Å². The molecule has 1 aromatic heterocycles. The van der Waals surface area contributed by atoms with Gasteiger partial charge in [-0.25, -0.2) is 13.1 Å². The van der Waals surface area contributed by atoms with Crippen LogP contribution < -0.4 is 10.0 Å². The third-order valence-corrected chi connectivity index (χ3v) is 5.60. The minimum absolute atomic E-state index is 0.242. The molecular formula is C12H22N2O3S2. The molecule has 0 atom stereocenters. The quantitative estimate of drug-likeness (QED) is 0.765.